The van der Waals surface area contributed by atoms with Gasteiger partial charge in [-0.2, -0.15) is 0 Å². The molecule has 2 heterocycles. The zero-order valence-corrected chi connectivity index (χ0v) is 21.4. The van der Waals surface area contributed by atoms with Gasteiger partial charge in [-0.1, -0.05) is 37.3 Å². The molecule has 2 aromatic rings. The van der Waals surface area contributed by atoms with E-state index in [1.807, 2.05) is 25.2 Å². The van der Waals surface area contributed by atoms with E-state index < -0.39 is 6.04 Å². The summed E-state index contributed by atoms with van der Waals surface area (Å²) < 4.78 is 0. The van der Waals surface area contributed by atoms with Crippen LogP contribution in [0.15, 0.2) is 30.6 Å². The Morgan fingerprint density at radius 2 is 1.97 bits per heavy atom. The van der Waals surface area contributed by atoms with Crippen LogP contribution in [0.2, 0.25) is 5.02 Å². The average Bonchev–Trinajstić information content (AvgIpc) is 3.46. The number of halogens is 1. The lowest BCUT2D eigenvalue weighted by atomic mass is 9.50. The lowest BCUT2D eigenvalue weighted by molar-refractivity contribution is -0.135. The molecule has 2 unspecified atom stereocenters. The Hall–Kier alpha value is -2.12. The minimum atomic E-state index is -0.465. The fourth-order valence-corrected chi connectivity index (χ4v) is 6.90. The summed E-state index contributed by atoms with van der Waals surface area (Å²) in [5, 5.41) is 6.96. The third-order valence-electron chi connectivity index (χ3n) is 8.03. The van der Waals surface area contributed by atoms with Gasteiger partial charge >= 0.3 is 0 Å². The number of aromatic nitrogens is 1. The fraction of sp³-hybridized carbons (Fsp3) is 0.577. The van der Waals surface area contributed by atoms with E-state index in [-0.39, 0.29) is 23.4 Å². The third-order valence-corrected chi connectivity index (χ3v) is 9.49. The number of hydrogen-bond donors (Lipinski definition) is 2. The molecule has 0 aromatic carbocycles. The molecule has 6 nitrogen and oxygen atoms in total. The molecule has 4 aliphatic rings. The molecule has 2 aromatic heterocycles. The molecule has 6 rings (SSSR count). The maximum atomic E-state index is 13.2. The number of anilines is 1. The Bertz CT molecular complexity index is 1050. The second-order valence-corrected chi connectivity index (χ2v) is 12.1. The van der Waals surface area contributed by atoms with Gasteiger partial charge in [0.2, 0.25) is 5.91 Å². The topological polar surface area (TPSA) is 74.3 Å². The molecule has 2 amide bonds. The first-order valence-electron chi connectivity index (χ1n) is 12.4. The summed E-state index contributed by atoms with van der Waals surface area (Å²) in [5.74, 6) is 1.15. The normalized spacial score (nSPS) is 25.1. The molecule has 4 saturated carbocycles. The molecular formula is C26H33ClN4O2S. The number of amides is 2. The summed E-state index contributed by atoms with van der Waals surface area (Å²) in [4.78, 5) is 34.3. The van der Waals surface area contributed by atoms with Crippen LogP contribution in [-0.4, -0.2) is 35.4 Å². The molecule has 8 heteroatoms. The van der Waals surface area contributed by atoms with Crippen molar-refractivity contribution < 1.29 is 9.59 Å². The Morgan fingerprint density at radius 3 is 2.62 bits per heavy atom. The number of carbonyl (C=O) groups excluding carboxylic acids is 2. The molecule has 0 aliphatic heterocycles. The molecule has 0 saturated heterocycles. The number of nitrogens with one attached hydrogen (secondary N) is 2. The van der Waals surface area contributed by atoms with Crippen LogP contribution >= 0.6 is 22.9 Å². The van der Waals surface area contributed by atoms with Gasteiger partial charge < -0.3 is 15.5 Å². The van der Waals surface area contributed by atoms with E-state index in [0.717, 1.165) is 55.0 Å². The first-order chi connectivity index (χ1) is 16.3. The smallest absolute Gasteiger partial charge is 0.262 e. The van der Waals surface area contributed by atoms with Crippen molar-refractivity contribution in [1.82, 2.24) is 15.6 Å². The second kappa shape index (κ2) is 9.50. The van der Waals surface area contributed by atoms with Crippen molar-refractivity contribution in [3.8, 4) is 0 Å². The van der Waals surface area contributed by atoms with E-state index in [1.54, 1.807) is 12.4 Å². The minimum absolute atomic E-state index is 0.00302. The van der Waals surface area contributed by atoms with E-state index in [1.165, 1.54) is 24.2 Å². The number of carbonyl (C=O) groups is 2. The maximum absolute atomic E-state index is 13.2. The molecule has 2 atom stereocenters. The molecule has 4 fully saturated rings. The minimum Gasteiger partial charge on any atom is -0.366 e. The van der Waals surface area contributed by atoms with Crippen molar-refractivity contribution in [3.05, 3.63) is 45.4 Å². The van der Waals surface area contributed by atoms with Crippen molar-refractivity contribution in [1.29, 1.82) is 0 Å². The molecule has 2 N–H and O–H groups in total. The van der Waals surface area contributed by atoms with Gasteiger partial charge in [-0.05, 0) is 62.6 Å². The zero-order valence-electron chi connectivity index (χ0n) is 19.9. The largest absolute Gasteiger partial charge is 0.366 e. The summed E-state index contributed by atoms with van der Waals surface area (Å²) in [6, 6.07) is 5.32. The van der Waals surface area contributed by atoms with Crippen LogP contribution in [0.4, 0.5) is 5.69 Å². The van der Waals surface area contributed by atoms with Crippen LogP contribution in [-0.2, 0) is 4.79 Å². The number of hydrogen-bond acceptors (Lipinski definition) is 5. The third kappa shape index (κ3) is 4.82. The first kappa shape index (κ1) is 23.6. The van der Waals surface area contributed by atoms with E-state index in [2.05, 4.69) is 27.4 Å². The molecule has 182 valence electrons. The van der Waals surface area contributed by atoms with Crippen LogP contribution in [0, 0.1) is 11.8 Å². The molecule has 0 spiro atoms. The van der Waals surface area contributed by atoms with E-state index in [4.69, 9.17) is 11.6 Å². The van der Waals surface area contributed by atoms with Crippen molar-refractivity contribution in [2.75, 3.05) is 11.9 Å². The van der Waals surface area contributed by atoms with Crippen molar-refractivity contribution in [3.63, 3.8) is 0 Å². The second-order valence-electron chi connectivity index (χ2n) is 10.5. The highest BCUT2D eigenvalue weighted by molar-refractivity contribution is 7.14. The monoisotopic (exact) mass is 500 g/mol. The highest BCUT2D eigenvalue weighted by atomic mass is 35.5. The van der Waals surface area contributed by atoms with Gasteiger partial charge in [0.25, 0.3) is 5.91 Å². The Kier molecular flexibility index (Phi) is 6.60. The van der Waals surface area contributed by atoms with E-state index >= 15 is 0 Å². The number of nitrogens with zero attached hydrogens (tertiary/aromatic N) is 2. The molecule has 0 radical (unpaired) electrons. The summed E-state index contributed by atoms with van der Waals surface area (Å²) in [7, 11) is 1.99. The summed E-state index contributed by atoms with van der Waals surface area (Å²) in [6.45, 7) is 2.09. The van der Waals surface area contributed by atoms with Gasteiger partial charge in [0.1, 0.15) is 6.04 Å². The van der Waals surface area contributed by atoms with Gasteiger partial charge in [0.05, 0.1) is 27.8 Å². The number of pyridine rings is 1. The van der Waals surface area contributed by atoms with Crippen LogP contribution < -0.4 is 15.5 Å². The summed E-state index contributed by atoms with van der Waals surface area (Å²) >= 11 is 7.57. The van der Waals surface area contributed by atoms with E-state index in [9.17, 15) is 9.59 Å². The van der Waals surface area contributed by atoms with Gasteiger partial charge in [-0.25, -0.2) is 0 Å². The lowest BCUT2D eigenvalue weighted by Crippen LogP contribution is -2.70. The fourth-order valence-electron chi connectivity index (χ4n) is 5.73. The predicted octanol–water partition coefficient (Wildman–Crippen LogP) is 5.34. The van der Waals surface area contributed by atoms with Crippen LogP contribution in [0.25, 0.3) is 0 Å². The lowest BCUT2D eigenvalue weighted by Gasteiger charge is -2.62. The maximum Gasteiger partial charge on any atom is 0.262 e. The zero-order chi connectivity index (χ0) is 23.9. The average molecular weight is 501 g/mol. The first-order valence-corrected chi connectivity index (χ1v) is 13.6. The highest BCUT2D eigenvalue weighted by Crippen LogP contribution is 2.57. The predicted molar refractivity (Wildman–Crippen MR) is 136 cm³/mol. The van der Waals surface area contributed by atoms with Crippen molar-refractivity contribution in [2.45, 2.75) is 75.9 Å². The molecule has 4 aliphatic carbocycles. The standard InChI is InChI=1S/C26H33ClN4O2S/c1-16(31(2)20-10-19(27)14-28-15-20)22-7-8-23(34-22)25(33)29-21(9-17-5-3-4-6-17)24(32)30-26-11-18(12-26)13-26/h7-8,10,14-18,21H,3-6,9,11-13H2,1-2H3,(H,29,33)(H,30,32). The molecule has 2 bridgehead atoms. The Labute approximate surface area is 210 Å². The van der Waals surface area contributed by atoms with Gasteiger partial charge in [0, 0.05) is 23.7 Å². The van der Waals surface area contributed by atoms with E-state index in [0.29, 0.717) is 15.8 Å². The SMILES string of the molecule is CC(c1ccc(C(=O)NC(CC2CCCC2)C(=O)NC23CC(C2)C3)s1)N(C)c1cncc(Cl)c1. The molecular weight excluding hydrogens is 468 g/mol. The van der Waals surface area contributed by atoms with Crippen LogP contribution in [0.5, 0.6) is 0 Å². The molecule has 34 heavy (non-hydrogen) atoms. The quantitative estimate of drug-likeness (QED) is 0.487. The van der Waals surface area contributed by atoms with Gasteiger partial charge in [-0.3, -0.25) is 14.6 Å². The van der Waals surface area contributed by atoms with Crippen LogP contribution in [0.1, 0.15) is 78.9 Å². The van der Waals surface area contributed by atoms with Crippen LogP contribution in [0.3, 0.4) is 0 Å². The Balaban J connectivity index is 1.25. The van der Waals surface area contributed by atoms with Crippen molar-refractivity contribution in [2.24, 2.45) is 11.8 Å². The summed E-state index contributed by atoms with van der Waals surface area (Å²) in [5.41, 5.74) is 0.937. The number of rotatable bonds is 9. The highest BCUT2D eigenvalue weighted by Gasteiger charge is 2.57. The Morgan fingerprint density at radius 1 is 1.24 bits per heavy atom. The van der Waals surface area contributed by atoms with Crippen molar-refractivity contribution >= 4 is 40.4 Å². The van der Waals surface area contributed by atoms with Gasteiger partial charge in [0.15, 0.2) is 0 Å². The number of thiophene rings is 1. The van der Waals surface area contributed by atoms with Gasteiger partial charge in [-0.15, -0.1) is 11.3 Å². The summed E-state index contributed by atoms with van der Waals surface area (Å²) in [6.07, 6.45) is 12.2.